The second-order valence-corrected chi connectivity index (χ2v) is 5.43. The highest BCUT2D eigenvalue weighted by Gasteiger charge is 2.43. The Bertz CT molecular complexity index is 259. The van der Waals surface area contributed by atoms with Crippen LogP contribution in [-0.2, 0) is 4.79 Å². The first-order chi connectivity index (χ1) is 7.13. The largest absolute Gasteiger partial charge is 0.480 e. The normalized spacial score (nSPS) is 36.5. The fraction of sp³-hybridized carbons (Fsp3) is 0.909. The molecular weight excluding hydrogens is 214 g/mol. The molecule has 2 aliphatic rings. The minimum absolute atomic E-state index is 0.202. The molecule has 2 atom stereocenters. The summed E-state index contributed by atoms with van der Waals surface area (Å²) in [6, 6.07) is 0. The summed E-state index contributed by atoms with van der Waals surface area (Å²) in [6.07, 6.45) is 4.82. The molecule has 3 nitrogen and oxygen atoms in total. The second kappa shape index (κ2) is 4.30. The third-order valence-electron chi connectivity index (χ3n) is 3.90. The molecule has 0 radical (unpaired) electrons. The Morgan fingerprint density at radius 1 is 1.53 bits per heavy atom. The number of hydrogen-bond donors (Lipinski definition) is 1. The van der Waals surface area contributed by atoms with Gasteiger partial charge < -0.3 is 5.11 Å². The number of carboxylic acids is 1. The van der Waals surface area contributed by atoms with Gasteiger partial charge in [0.1, 0.15) is 0 Å². The van der Waals surface area contributed by atoms with Crippen molar-refractivity contribution in [3.63, 3.8) is 0 Å². The van der Waals surface area contributed by atoms with Crippen LogP contribution in [0, 0.1) is 11.3 Å². The average Bonchev–Trinajstić information content (AvgIpc) is 2.74. The van der Waals surface area contributed by atoms with Gasteiger partial charge in [-0.1, -0.05) is 0 Å². The summed E-state index contributed by atoms with van der Waals surface area (Å²) >= 11 is 5.88. The van der Waals surface area contributed by atoms with Gasteiger partial charge in [0, 0.05) is 12.4 Å². The van der Waals surface area contributed by atoms with Gasteiger partial charge in [-0.3, -0.25) is 9.69 Å². The Labute approximate surface area is 95.4 Å². The number of aliphatic carboxylic acids is 1. The van der Waals surface area contributed by atoms with Crippen molar-refractivity contribution in [1.29, 1.82) is 0 Å². The van der Waals surface area contributed by atoms with Crippen LogP contribution in [0.1, 0.15) is 25.7 Å². The van der Waals surface area contributed by atoms with Crippen molar-refractivity contribution < 1.29 is 9.90 Å². The molecule has 2 fully saturated rings. The van der Waals surface area contributed by atoms with E-state index in [1.54, 1.807) is 0 Å². The van der Waals surface area contributed by atoms with Gasteiger partial charge in [0.15, 0.2) is 0 Å². The summed E-state index contributed by atoms with van der Waals surface area (Å²) in [4.78, 5) is 12.7. The molecule has 86 valence electrons. The van der Waals surface area contributed by atoms with Gasteiger partial charge in [-0.2, -0.15) is 0 Å². The van der Waals surface area contributed by atoms with E-state index in [0.717, 1.165) is 25.4 Å². The molecule has 1 heterocycles. The van der Waals surface area contributed by atoms with Gasteiger partial charge in [0.25, 0.3) is 0 Å². The van der Waals surface area contributed by atoms with Crippen LogP contribution in [0.25, 0.3) is 0 Å². The Morgan fingerprint density at radius 3 is 2.93 bits per heavy atom. The van der Waals surface area contributed by atoms with Crippen LogP contribution in [0.3, 0.4) is 0 Å². The van der Waals surface area contributed by atoms with Crippen LogP contribution in [0.2, 0.25) is 0 Å². The predicted octanol–water partition coefficient (Wildman–Crippen LogP) is 1.80. The fourth-order valence-electron chi connectivity index (χ4n) is 3.18. The third kappa shape index (κ3) is 2.45. The van der Waals surface area contributed by atoms with E-state index >= 15 is 0 Å². The molecule has 1 N–H and O–H groups in total. The Kier molecular flexibility index (Phi) is 3.21. The zero-order chi connectivity index (χ0) is 10.9. The van der Waals surface area contributed by atoms with Crippen LogP contribution in [0.4, 0.5) is 0 Å². The molecule has 4 heteroatoms. The molecule has 1 saturated carbocycles. The fourth-order valence-corrected chi connectivity index (χ4v) is 3.45. The van der Waals surface area contributed by atoms with Gasteiger partial charge in [-0.25, -0.2) is 0 Å². The Hall–Kier alpha value is -0.280. The molecule has 2 rings (SSSR count). The molecular formula is C11H18ClNO2. The van der Waals surface area contributed by atoms with E-state index in [9.17, 15) is 4.79 Å². The van der Waals surface area contributed by atoms with E-state index in [2.05, 4.69) is 4.90 Å². The third-order valence-corrected chi connectivity index (χ3v) is 4.34. The zero-order valence-electron chi connectivity index (χ0n) is 8.91. The minimum Gasteiger partial charge on any atom is -0.480 e. The molecule has 1 saturated heterocycles. The number of carboxylic acid groups (broad SMARTS) is 1. The lowest BCUT2D eigenvalue weighted by Gasteiger charge is -2.23. The van der Waals surface area contributed by atoms with E-state index in [1.807, 2.05) is 0 Å². The first kappa shape index (κ1) is 11.2. The van der Waals surface area contributed by atoms with Gasteiger partial charge >= 0.3 is 5.97 Å². The van der Waals surface area contributed by atoms with Crippen LogP contribution >= 0.6 is 11.6 Å². The number of hydrogen-bond acceptors (Lipinski definition) is 2. The van der Waals surface area contributed by atoms with Crippen molar-refractivity contribution in [3.05, 3.63) is 0 Å². The zero-order valence-corrected chi connectivity index (χ0v) is 9.67. The van der Waals surface area contributed by atoms with Gasteiger partial charge in [-0.05, 0) is 43.6 Å². The maximum Gasteiger partial charge on any atom is 0.317 e. The van der Waals surface area contributed by atoms with Crippen molar-refractivity contribution in [2.45, 2.75) is 25.7 Å². The summed E-state index contributed by atoms with van der Waals surface area (Å²) in [5.41, 5.74) is 0.398. The molecule has 1 aliphatic carbocycles. The number of carbonyl (C=O) groups is 1. The maximum absolute atomic E-state index is 10.6. The van der Waals surface area contributed by atoms with Gasteiger partial charge in [-0.15, -0.1) is 11.6 Å². The first-order valence-electron chi connectivity index (χ1n) is 5.64. The van der Waals surface area contributed by atoms with Crippen LogP contribution in [0.15, 0.2) is 0 Å². The van der Waals surface area contributed by atoms with E-state index in [-0.39, 0.29) is 6.54 Å². The SMILES string of the molecule is O=C(O)CN1CC[C@@]2(CC[C@@H](CCl)C2)C1. The van der Waals surface area contributed by atoms with Crippen molar-refractivity contribution in [2.75, 3.05) is 25.5 Å². The summed E-state index contributed by atoms with van der Waals surface area (Å²) < 4.78 is 0. The predicted molar refractivity (Wildman–Crippen MR) is 59.2 cm³/mol. The lowest BCUT2D eigenvalue weighted by atomic mass is 9.85. The van der Waals surface area contributed by atoms with Crippen molar-refractivity contribution >= 4 is 17.6 Å². The number of likely N-dealkylation sites (tertiary alicyclic amines) is 1. The van der Waals surface area contributed by atoms with Crippen LogP contribution in [0.5, 0.6) is 0 Å². The number of halogens is 1. The number of nitrogens with zero attached hydrogens (tertiary/aromatic N) is 1. The molecule has 1 spiro atoms. The van der Waals surface area contributed by atoms with Crippen molar-refractivity contribution in [1.82, 2.24) is 4.90 Å². The number of alkyl halides is 1. The molecule has 0 amide bonds. The van der Waals surface area contributed by atoms with Crippen molar-refractivity contribution in [3.8, 4) is 0 Å². The first-order valence-corrected chi connectivity index (χ1v) is 6.17. The highest BCUT2D eigenvalue weighted by atomic mass is 35.5. The average molecular weight is 232 g/mol. The lowest BCUT2D eigenvalue weighted by Crippen LogP contribution is -2.30. The maximum atomic E-state index is 10.6. The van der Waals surface area contributed by atoms with E-state index < -0.39 is 5.97 Å². The monoisotopic (exact) mass is 231 g/mol. The Balaban J connectivity index is 1.89. The summed E-state index contributed by atoms with van der Waals surface area (Å²) in [7, 11) is 0. The number of rotatable bonds is 3. The highest BCUT2D eigenvalue weighted by molar-refractivity contribution is 6.18. The Morgan fingerprint density at radius 2 is 2.33 bits per heavy atom. The van der Waals surface area contributed by atoms with Crippen LogP contribution in [-0.4, -0.2) is 41.5 Å². The quantitative estimate of drug-likeness (QED) is 0.754. The molecule has 0 aromatic heterocycles. The highest BCUT2D eigenvalue weighted by Crippen LogP contribution is 2.48. The van der Waals surface area contributed by atoms with E-state index in [4.69, 9.17) is 16.7 Å². The minimum atomic E-state index is -0.709. The molecule has 0 unspecified atom stereocenters. The van der Waals surface area contributed by atoms with E-state index in [0.29, 0.717) is 11.3 Å². The second-order valence-electron chi connectivity index (χ2n) is 5.12. The van der Waals surface area contributed by atoms with E-state index in [1.165, 1.54) is 19.3 Å². The van der Waals surface area contributed by atoms with Gasteiger partial charge in [0.05, 0.1) is 6.54 Å². The smallest absolute Gasteiger partial charge is 0.317 e. The molecule has 0 aromatic carbocycles. The summed E-state index contributed by atoms with van der Waals surface area (Å²) in [5.74, 6) is 0.719. The summed E-state index contributed by atoms with van der Waals surface area (Å²) in [5, 5.41) is 8.74. The van der Waals surface area contributed by atoms with Crippen LogP contribution < -0.4 is 0 Å². The summed E-state index contributed by atoms with van der Waals surface area (Å²) in [6.45, 7) is 2.11. The molecule has 0 aromatic rings. The lowest BCUT2D eigenvalue weighted by molar-refractivity contribution is -0.138. The van der Waals surface area contributed by atoms with Gasteiger partial charge in [0.2, 0.25) is 0 Å². The standard InChI is InChI=1S/C11H18ClNO2/c12-6-9-1-2-11(5-9)3-4-13(8-11)7-10(14)15/h9H,1-8H2,(H,14,15)/t9-,11-/m1/s1. The molecule has 1 aliphatic heterocycles. The molecule has 15 heavy (non-hydrogen) atoms. The topological polar surface area (TPSA) is 40.5 Å². The molecule has 0 bridgehead atoms. The van der Waals surface area contributed by atoms with Crippen molar-refractivity contribution in [2.24, 2.45) is 11.3 Å².